The molecule has 0 radical (unpaired) electrons. The molecular weight excluding hydrogens is 390 g/mol. The van der Waals surface area contributed by atoms with Crippen LogP contribution in [0.25, 0.3) is 0 Å². The van der Waals surface area contributed by atoms with Crippen molar-refractivity contribution >= 4 is 34.1 Å². The van der Waals surface area contributed by atoms with Gasteiger partial charge in [0.05, 0.1) is 18.0 Å². The molecule has 29 heavy (non-hydrogen) atoms. The van der Waals surface area contributed by atoms with Crippen molar-refractivity contribution in [3.05, 3.63) is 51.9 Å². The van der Waals surface area contributed by atoms with Gasteiger partial charge in [0.25, 0.3) is 5.91 Å². The second-order valence-corrected chi connectivity index (χ2v) is 7.86. The Kier molecular flexibility index (Phi) is 6.62. The normalized spacial score (nSPS) is 13.1. The Morgan fingerprint density at radius 1 is 1.24 bits per heavy atom. The van der Waals surface area contributed by atoms with Crippen LogP contribution >= 0.6 is 11.3 Å². The third kappa shape index (κ3) is 5.21. The maximum Gasteiger partial charge on any atom is 0.308 e. The summed E-state index contributed by atoms with van der Waals surface area (Å²) in [4.78, 5) is 37.0. The van der Waals surface area contributed by atoms with Crippen molar-refractivity contribution in [2.75, 3.05) is 11.9 Å². The second-order valence-electron chi connectivity index (χ2n) is 6.75. The quantitative estimate of drug-likeness (QED) is 0.681. The van der Waals surface area contributed by atoms with E-state index in [9.17, 15) is 19.6 Å². The standard InChI is InChI=1S/C21H21N3O4S/c1-13(25)23-17(14-6-3-2-4-7-14)10-20(27)28-12-19(26)24-21-16(11-22)15-8-5-9-18(15)29-21/h2-4,6-7,17H,5,8-10,12H2,1H3,(H,23,25)(H,24,26)/t17-/m0/s1. The van der Waals surface area contributed by atoms with E-state index in [1.807, 2.05) is 18.2 Å². The number of anilines is 1. The summed E-state index contributed by atoms with van der Waals surface area (Å²) >= 11 is 1.41. The number of carbonyl (C=O) groups excluding carboxylic acids is 3. The number of rotatable bonds is 7. The van der Waals surface area contributed by atoms with Crippen molar-refractivity contribution in [2.24, 2.45) is 0 Å². The SMILES string of the molecule is CC(=O)N[C@@H](CC(=O)OCC(=O)Nc1sc2c(c1C#N)CCC2)c1ccccc1. The first-order valence-electron chi connectivity index (χ1n) is 9.30. The summed E-state index contributed by atoms with van der Waals surface area (Å²) in [5.41, 5.74) is 2.30. The Bertz CT molecular complexity index is 962. The average Bonchev–Trinajstić information content (AvgIpc) is 3.27. The number of esters is 1. The summed E-state index contributed by atoms with van der Waals surface area (Å²) < 4.78 is 5.08. The van der Waals surface area contributed by atoms with Gasteiger partial charge in [0, 0.05) is 11.8 Å². The molecule has 1 aromatic heterocycles. The van der Waals surface area contributed by atoms with Crippen LogP contribution in [0.1, 0.15) is 47.4 Å². The number of carbonyl (C=O) groups is 3. The Balaban J connectivity index is 1.55. The van der Waals surface area contributed by atoms with E-state index < -0.39 is 24.5 Å². The van der Waals surface area contributed by atoms with E-state index in [-0.39, 0.29) is 12.3 Å². The van der Waals surface area contributed by atoms with E-state index in [0.29, 0.717) is 10.6 Å². The molecule has 150 valence electrons. The number of thiophene rings is 1. The highest BCUT2D eigenvalue weighted by molar-refractivity contribution is 7.16. The lowest BCUT2D eigenvalue weighted by atomic mass is 10.0. The van der Waals surface area contributed by atoms with Crippen LogP contribution in [0.4, 0.5) is 5.00 Å². The zero-order valence-electron chi connectivity index (χ0n) is 16.0. The van der Waals surface area contributed by atoms with E-state index in [1.165, 1.54) is 18.3 Å². The van der Waals surface area contributed by atoms with E-state index in [1.54, 1.807) is 12.1 Å². The van der Waals surface area contributed by atoms with E-state index >= 15 is 0 Å². The van der Waals surface area contributed by atoms with Crippen molar-refractivity contribution in [1.82, 2.24) is 5.32 Å². The van der Waals surface area contributed by atoms with Gasteiger partial charge in [-0.25, -0.2) is 0 Å². The summed E-state index contributed by atoms with van der Waals surface area (Å²) in [6.45, 7) is 0.924. The van der Waals surface area contributed by atoms with Crippen LogP contribution in [-0.2, 0) is 32.0 Å². The smallest absolute Gasteiger partial charge is 0.308 e. The number of nitrogens with one attached hydrogen (secondary N) is 2. The topological polar surface area (TPSA) is 108 Å². The molecule has 2 aromatic rings. The number of hydrogen-bond acceptors (Lipinski definition) is 6. The average molecular weight is 411 g/mol. The predicted octanol–water partition coefficient (Wildman–Crippen LogP) is 2.86. The number of fused-ring (bicyclic) bond motifs is 1. The van der Waals surface area contributed by atoms with E-state index in [4.69, 9.17) is 4.74 Å². The molecule has 2 amide bonds. The number of amides is 2. The lowest BCUT2D eigenvalue weighted by Gasteiger charge is -2.17. The zero-order chi connectivity index (χ0) is 20.8. The number of hydrogen-bond donors (Lipinski definition) is 2. The first-order valence-corrected chi connectivity index (χ1v) is 10.1. The van der Waals surface area contributed by atoms with Gasteiger partial charge in [0.1, 0.15) is 11.1 Å². The van der Waals surface area contributed by atoms with Gasteiger partial charge < -0.3 is 15.4 Å². The molecule has 0 spiro atoms. The molecule has 0 fully saturated rings. The van der Waals surface area contributed by atoms with Crippen LogP contribution in [-0.4, -0.2) is 24.4 Å². The first kappa shape index (κ1) is 20.6. The van der Waals surface area contributed by atoms with Gasteiger partial charge >= 0.3 is 5.97 Å². The van der Waals surface area contributed by atoms with E-state index in [0.717, 1.165) is 35.3 Å². The largest absolute Gasteiger partial charge is 0.455 e. The van der Waals surface area contributed by atoms with Gasteiger partial charge in [-0.1, -0.05) is 30.3 Å². The highest BCUT2D eigenvalue weighted by Gasteiger charge is 2.24. The molecule has 1 aromatic carbocycles. The third-order valence-electron chi connectivity index (χ3n) is 4.60. The molecule has 7 nitrogen and oxygen atoms in total. The summed E-state index contributed by atoms with van der Waals surface area (Å²) in [5, 5.41) is 15.3. The van der Waals surface area contributed by atoms with Crippen molar-refractivity contribution < 1.29 is 19.1 Å². The molecule has 0 bridgehead atoms. The Labute approximate surface area is 172 Å². The minimum absolute atomic E-state index is 0.0897. The Morgan fingerprint density at radius 2 is 2.00 bits per heavy atom. The van der Waals surface area contributed by atoms with Crippen molar-refractivity contribution in [3.63, 3.8) is 0 Å². The molecule has 0 unspecified atom stereocenters. The van der Waals surface area contributed by atoms with Crippen molar-refractivity contribution in [3.8, 4) is 6.07 Å². The van der Waals surface area contributed by atoms with Crippen LogP contribution in [0.15, 0.2) is 30.3 Å². The minimum Gasteiger partial charge on any atom is -0.455 e. The molecule has 1 atom stereocenters. The van der Waals surface area contributed by atoms with Crippen LogP contribution in [0, 0.1) is 11.3 Å². The summed E-state index contributed by atoms with van der Waals surface area (Å²) in [5.74, 6) is -1.36. The molecule has 2 N–H and O–H groups in total. The molecule has 8 heteroatoms. The third-order valence-corrected chi connectivity index (χ3v) is 5.81. The second kappa shape index (κ2) is 9.34. The number of nitriles is 1. The van der Waals surface area contributed by atoms with Gasteiger partial charge in [0.15, 0.2) is 6.61 Å². The summed E-state index contributed by atoms with van der Waals surface area (Å²) in [6, 6.07) is 10.7. The molecule has 3 rings (SSSR count). The predicted molar refractivity (Wildman–Crippen MR) is 108 cm³/mol. The molecule has 0 saturated carbocycles. The van der Waals surface area contributed by atoms with Gasteiger partial charge in [-0.05, 0) is 30.4 Å². The monoisotopic (exact) mass is 411 g/mol. The number of aryl methyl sites for hydroxylation is 1. The summed E-state index contributed by atoms with van der Waals surface area (Å²) in [6.07, 6.45) is 2.71. The van der Waals surface area contributed by atoms with E-state index in [2.05, 4.69) is 16.7 Å². The fourth-order valence-electron chi connectivity index (χ4n) is 3.33. The van der Waals surface area contributed by atoms with Crippen LogP contribution in [0.3, 0.4) is 0 Å². The maximum absolute atomic E-state index is 12.2. The van der Waals surface area contributed by atoms with Gasteiger partial charge in [-0.15, -0.1) is 11.3 Å². The minimum atomic E-state index is -0.600. The lowest BCUT2D eigenvalue weighted by Crippen LogP contribution is -2.29. The highest BCUT2D eigenvalue weighted by Crippen LogP contribution is 2.38. The van der Waals surface area contributed by atoms with Gasteiger partial charge in [-0.2, -0.15) is 5.26 Å². The number of nitrogens with zero attached hydrogens (tertiary/aromatic N) is 1. The molecular formula is C21H21N3O4S. The summed E-state index contributed by atoms with van der Waals surface area (Å²) in [7, 11) is 0. The lowest BCUT2D eigenvalue weighted by molar-refractivity contribution is -0.148. The molecule has 1 heterocycles. The Hall–Kier alpha value is -3.18. The van der Waals surface area contributed by atoms with Crippen LogP contribution in [0.2, 0.25) is 0 Å². The highest BCUT2D eigenvalue weighted by atomic mass is 32.1. The van der Waals surface area contributed by atoms with Gasteiger partial charge in [-0.3, -0.25) is 14.4 Å². The molecule has 0 aliphatic heterocycles. The number of ether oxygens (including phenoxy) is 1. The fraction of sp³-hybridized carbons (Fsp3) is 0.333. The first-order chi connectivity index (χ1) is 14.0. The molecule has 1 aliphatic rings. The van der Waals surface area contributed by atoms with Gasteiger partial charge in [0.2, 0.25) is 5.91 Å². The zero-order valence-corrected chi connectivity index (χ0v) is 16.8. The maximum atomic E-state index is 12.2. The number of benzene rings is 1. The van der Waals surface area contributed by atoms with Crippen LogP contribution in [0.5, 0.6) is 0 Å². The molecule has 0 saturated heterocycles. The Morgan fingerprint density at radius 3 is 2.69 bits per heavy atom. The molecule has 1 aliphatic carbocycles. The fourth-order valence-corrected chi connectivity index (χ4v) is 4.58. The van der Waals surface area contributed by atoms with Crippen LogP contribution < -0.4 is 10.6 Å². The van der Waals surface area contributed by atoms with Crippen molar-refractivity contribution in [2.45, 2.75) is 38.6 Å². The van der Waals surface area contributed by atoms with Crippen molar-refractivity contribution in [1.29, 1.82) is 5.26 Å².